The summed E-state index contributed by atoms with van der Waals surface area (Å²) >= 11 is 0. The van der Waals surface area contributed by atoms with Gasteiger partial charge >= 0.3 is 11.9 Å². The number of nitrogens with zero attached hydrogens (tertiary/aromatic N) is 5. The summed E-state index contributed by atoms with van der Waals surface area (Å²) in [6.07, 6.45) is -4.98. The molecule has 0 bridgehead atoms. The molecule has 1 aromatic rings. The molecule has 22 heteroatoms. The second-order valence-corrected chi connectivity index (χ2v) is 24.2. The van der Waals surface area contributed by atoms with Crippen LogP contribution in [0.5, 0.6) is 5.75 Å². The van der Waals surface area contributed by atoms with Crippen molar-refractivity contribution < 1.29 is 72.4 Å². The monoisotopic (exact) mass is 1150 g/mol. The number of Topliss-reactive ketones (excluding diaryl/α,β-unsaturated/α-hetero) is 1. The number of carbonyl (C=O) groups excluding carboxylic acids is 10. The van der Waals surface area contributed by atoms with E-state index in [1.165, 1.54) is 66.5 Å². The van der Waals surface area contributed by atoms with Crippen molar-refractivity contribution in [2.45, 2.75) is 221 Å². The third-order valence-electron chi connectivity index (χ3n) is 16.3. The standard InChI is InChI=1S/C60H95N7O15/c1-17-36(10)49-47(69)31-48(70)82-52(34(6)7)51(71)37(11)55(74)67(35(8)9)45(29-33(4)5)59(78)66-27-19-21-43(66)58(77)64(15)46(30-40-22-24-41(80-16)25-23-40)60(79)81-39(13)50(54(73)61-49)62-53(72)44(28-32(2)3)63(14)57(76)42-20-18-26-65(42)56(75)38(12)68/h22-25,32-39,42-47,49-50,52,68-69H,17-21,26-31H2,1-16H3,(H,61,73)(H,62,72)/t36-,37-,38-,39+,42-,43-,44+,45-,46-,47-,49-,50-,52-/m0/s1. The van der Waals surface area contributed by atoms with Crippen LogP contribution in [0, 0.1) is 29.6 Å². The molecule has 0 saturated carbocycles. The molecule has 4 rings (SSSR count). The number of benzene rings is 1. The highest BCUT2D eigenvalue weighted by molar-refractivity contribution is 6.05. The van der Waals surface area contributed by atoms with Crippen molar-refractivity contribution in [2.24, 2.45) is 29.6 Å². The molecule has 0 radical (unpaired) electrons. The first kappa shape index (κ1) is 68.3. The first-order valence-electron chi connectivity index (χ1n) is 29.4. The Labute approximate surface area is 485 Å². The van der Waals surface area contributed by atoms with Crippen LogP contribution in [0.15, 0.2) is 24.3 Å². The molecule has 0 aromatic heterocycles. The number of hydrogen-bond donors (Lipinski definition) is 4. The number of ether oxygens (including phenoxy) is 3. The quantitative estimate of drug-likeness (QED) is 0.136. The van der Waals surface area contributed by atoms with Crippen molar-refractivity contribution >= 4 is 59.1 Å². The van der Waals surface area contributed by atoms with Crippen LogP contribution in [0.4, 0.5) is 0 Å². The van der Waals surface area contributed by atoms with E-state index in [0.717, 1.165) is 0 Å². The van der Waals surface area contributed by atoms with Crippen LogP contribution in [0.3, 0.4) is 0 Å². The number of esters is 2. The van der Waals surface area contributed by atoms with Gasteiger partial charge in [0.05, 0.1) is 31.6 Å². The molecule has 3 aliphatic rings. The van der Waals surface area contributed by atoms with Gasteiger partial charge in [0.25, 0.3) is 5.91 Å². The molecule has 4 N–H and O–H groups in total. The van der Waals surface area contributed by atoms with Gasteiger partial charge < -0.3 is 59.6 Å². The second kappa shape index (κ2) is 30.4. The van der Waals surface area contributed by atoms with Crippen LogP contribution in [-0.2, 0) is 63.8 Å². The molecule has 1 aromatic carbocycles. The Morgan fingerprint density at radius 3 is 2.01 bits per heavy atom. The van der Waals surface area contributed by atoms with Crippen LogP contribution in [0.2, 0.25) is 0 Å². The fourth-order valence-electron chi connectivity index (χ4n) is 11.3. The van der Waals surface area contributed by atoms with Crippen molar-refractivity contribution in [3.63, 3.8) is 0 Å². The fraction of sp³-hybridized carbons (Fsp3) is 0.733. The Morgan fingerprint density at radius 1 is 0.841 bits per heavy atom. The van der Waals surface area contributed by atoms with E-state index in [0.29, 0.717) is 30.6 Å². The fourth-order valence-corrected chi connectivity index (χ4v) is 11.3. The number of likely N-dealkylation sites (tertiary alicyclic amines) is 1. The Morgan fingerprint density at radius 2 is 1.46 bits per heavy atom. The SMILES string of the molecule is CC[C@H](C)[C@@H]1NC(=O)[C@@H](NC(=O)[C@@H](CC(C)C)N(C)C(=O)[C@@H]2CCCN2C(=O)[C@H](C)O)[C@@H](C)OC(=O)[C@H](Cc2ccc(OC)cc2)N(C)C(=O)[C@@H]2CCCN2C(=O)[C@H](CC(C)C)N(C(C)C)C(=O)[C@@H](C)C(=O)[C@H](C(C)C)OC(=O)C[C@@H]1O. The number of amides is 7. The number of nitrogens with one attached hydrogen (secondary N) is 2. The van der Waals surface area contributed by atoms with Gasteiger partial charge in [-0.15, -0.1) is 0 Å². The van der Waals surface area contributed by atoms with E-state index >= 15 is 19.2 Å². The lowest BCUT2D eigenvalue weighted by atomic mass is 9.90. The van der Waals surface area contributed by atoms with Gasteiger partial charge in [0.1, 0.15) is 54.2 Å². The predicted octanol–water partition coefficient (Wildman–Crippen LogP) is 3.44. The molecule has 7 amide bonds. The van der Waals surface area contributed by atoms with Gasteiger partial charge in [-0.2, -0.15) is 0 Å². The lowest BCUT2D eigenvalue weighted by molar-refractivity contribution is -0.165. The van der Waals surface area contributed by atoms with Gasteiger partial charge in [-0.25, -0.2) is 4.79 Å². The van der Waals surface area contributed by atoms with E-state index in [2.05, 4.69) is 10.6 Å². The highest BCUT2D eigenvalue weighted by Crippen LogP contribution is 2.30. The zero-order valence-electron chi connectivity index (χ0n) is 51.3. The summed E-state index contributed by atoms with van der Waals surface area (Å²) in [6, 6.07) is -2.76. The van der Waals surface area contributed by atoms with Crippen molar-refractivity contribution in [3.05, 3.63) is 29.8 Å². The summed E-state index contributed by atoms with van der Waals surface area (Å²) in [4.78, 5) is 152. The summed E-state index contributed by atoms with van der Waals surface area (Å²) in [5.41, 5.74) is 0.574. The molecule has 0 unspecified atom stereocenters. The summed E-state index contributed by atoms with van der Waals surface area (Å²) < 4.78 is 17.4. The minimum Gasteiger partial charge on any atom is -0.497 e. The minimum absolute atomic E-state index is 0.0715. The molecule has 3 heterocycles. The van der Waals surface area contributed by atoms with Crippen LogP contribution in [-0.4, -0.2) is 201 Å². The zero-order valence-corrected chi connectivity index (χ0v) is 51.3. The number of fused-ring (bicyclic) bond motifs is 1. The van der Waals surface area contributed by atoms with Crippen molar-refractivity contribution in [2.75, 3.05) is 34.3 Å². The molecule has 22 nitrogen and oxygen atoms in total. The van der Waals surface area contributed by atoms with Crippen LogP contribution in [0.1, 0.15) is 147 Å². The number of carbonyl (C=O) groups is 10. The largest absolute Gasteiger partial charge is 0.497 e. The molecule has 3 saturated heterocycles. The van der Waals surface area contributed by atoms with Crippen LogP contribution in [0.25, 0.3) is 0 Å². The number of aliphatic hydroxyl groups excluding tert-OH is 2. The Bertz CT molecular complexity index is 2410. The summed E-state index contributed by atoms with van der Waals surface area (Å²) in [5, 5.41) is 27.7. The molecule has 0 aliphatic carbocycles. The van der Waals surface area contributed by atoms with Gasteiger partial charge in [0.2, 0.25) is 35.4 Å². The van der Waals surface area contributed by atoms with Gasteiger partial charge in [-0.05, 0) is 115 Å². The lowest BCUT2D eigenvalue weighted by Gasteiger charge is -2.40. The van der Waals surface area contributed by atoms with Crippen LogP contribution >= 0.6 is 0 Å². The summed E-state index contributed by atoms with van der Waals surface area (Å²) in [7, 11) is 4.32. The zero-order chi connectivity index (χ0) is 61.8. The van der Waals surface area contributed by atoms with E-state index in [1.54, 1.807) is 65.8 Å². The number of methoxy groups -OCH3 is 1. The average molecular weight is 1150 g/mol. The van der Waals surface area contributed by atoms with E-state index in [-0.39, 0.29) is 57.0 Å². The molecule has 3 fully saturated rings. The smallest absolute Gasteiger partial charge is 0.329 e. The van der Waals surface area contributed by atoms with Gasteiger partial charge in [-0.1, -0.05) is 73.9 Å². The molecule has 3 aliphatic heterocycles. The number of ketones is 1. The maximum absolute atomic E-state index is 15.2. The number of cyclic esters (lactones) is 2. The maximum Gasteiger partial charge on any atom is 0.329 e. The van der Waals surface area contributed by atoms with E-state index in [1.807, 2.05) is 27.7 Å². The van der Waals surface area contributed by atoms with E-state index in [9.17, 15) is 39.0 Å². The molecular weight excluding hydrogens is 1060 g/mol. The molecule has 460 valence electrons. The first-order chi connectivity index (χ1) is 38.4. The minimum atomic E-state index is -1.77. The Hall–Kier alpha value is -6.16. The number of aliphatic hydroxyl groups is 2. The van der Waals surface area contributed by atoms with Gasteiger partial charge in [0.15, 0.2) is 11.9 Å². The average Bonchev–Trinajstić information content (AvgIpc) is 4.16. The first-order valence-corrected chi connectivity index (χ1v) is 29.4. The number of likely N-dealkylation sites (N-methyl/N-ethyl adjacent to an activating group) is 2. The summed E-state index contributed by atoms with van der Waals surface area (Å²) in [6.45, 7) is 22.1. The Kier molecular flexibility index (Phi) is 25.3. The number of rotatable bonds is 16. The molecule has 82 heavy (non-hydrogen) atoms. The third-order valence-corrected chi connectivity index (χ3v) is 16.3. The second-order valence-electron chi connectivity index (χ2n) is 24.2. The highest BCUT2D eigenvalue weighted by Gasteiger charge is 2.48. The van der Waals surface area contributed by atoms with Gasteiger partial charge in [-0.3, -0.25) is 43.2 Å². The molecular formula is C60H95N7O15. The maximum atomic E-state index is 15.2. The lowest BCUT2D eigenvalue weighted by Crippen LogP contribution is -2.62. The molecule has 13 atom stereocenters. The van der Waals surface area contributed by atoms with Crippen LogP contribution < -0.4 is 15.4 Å². The Balaban J connectivity index is 1.93. The predicted molar refractivity (Wildman–Crippen MR) is 304 cm³/mol. The van der Waals surface area contributed by atoms with Crippen molar-refractivity contribution in [1.82, 2.24) is 35.1 Å². The van der Waals surface area contributed by atoms with Gasteiger partial charge in [0, 0.05) is 39.6 Å². The van der Waals surface area contributed by atoms with Crippen molar-refractivity contribution in [1.29, 1.82) is 0 Å². The normalized spacial score (nSPS) is 27.3. The third kappa shape index (κ3) is 17.0. The van der Waals surface area contributed by atoms with E-state index in [4.69, 9.17) is 14.2 Å². The topological polar surface area (TPSA) is 279 Å². The van der Waals surface area contributed by atoms with E-state index < -0.39 is 156 Å². The van der Waals surface area contributed by atoms with Crippen molar-refractivity contribution in [3.8, 4) is 5.75 Å². The highest BCUT2D eigenvalue weighted by atomic mass is 16.6. The summed E-state index contributed by atoms with van der Waals surface area (Å²) in [5.74, 6) is -10.1. The molecule has 0 spiro atoms. The number of hydrogen-bond acceptors (Lipinski definition) is 15.